The Morgan fingerprint density at radius 2 is 1.59 bits per heavy atom. The number of carbonyl (C=O) groups excluding carboxylic acids is 1. The number of rotatable bonds is 9. The van der Waals surface area contributed by atoms with E-state index in [2.05, 4.69) is 53.0 Å². The molecule has 0 saturated heterocycles. The van der Waals surface area contributed by atoms with Crippen LogP contribution >= 0.6 is 11.8 Å². The van der Waals surface area contributed by atoms with Crippen molar-refractivity contribution in [1.82, 2.24) is 5.43 Å². The molecule has 0 spiro atoms. The highest BCUT2D eigenvalue weighted by Gasteiger charge is 2.01. The van der Waals surface area contributed by atoms with Gasteiger partial charge in [0.15, 0.2) is 0 Å². The third kappa shape index (κ3) is 6.46. The summed E-state index contributed by atoms with van der Waals surface area (Å²) >= 11 is 1.56. The maximum Gasteiger partial charge on any atom is 0.250 e. The molecular weight excluding hydrogens is 416 g/mol. The molecule has 0 unspecified atom stereocenters. The van der Waals surface area contributed by atoms with Gasteiger partial charge in [0.1, 0.15) is 12.4 Å². The molecule has 32 heavy (non-hydrogen) atoms. The predicted molar refractivity (Wildman–Crippen MR) is 133 cm³/mol. The summed E-state index contributed by atoms with van der Waals surface area (Å²) in [6, 6.07) is 32.4. The first-order valence-electron chi connectivity index (χ1n) is 10.4. The fraction of sp³-hybridized carbons (Fsp3) is 0.111. The van der Waals surface area contributed by atoms with Crippen LogP contribution in [-0.4, -0.2) is 17.9 Å². The van der Waals surface area contributed by atoms with E-state index in [9.17, 15) is 4.79 Å². The number of hydrogen-bond donors (Lipinski definition) is 1. The first kappa shape index (κ1) is 21.7. The number of amides is 1. The van der Waals surface area contributed by atoms with E-state index in [4.69, 9.17) is 4.74 Å². The van der Waals surface area contributed by atoms with E-state index >= 15 is 0 Å². The van der Waals surface area contributed by atoms with Gasteiger partial charge < -0.3 is 4.74 Å². The molecule has 4 nitrogen and oxygen atoms in total. The Morgan fingerprint density at radius 3 is 2.41 bits per heavy atom. The minimum absolute atomic E-state index is 0.113. The SMILES string of the molecule is O=C(CSCc1ccccc1)NN=Cc1ccc(OCc2ccc3ccccc3c2)cc1. The summed E-state index contributed by atoms with van der Waals surface area (Å²) < 4.78 is 5.90. The van der Waals surface area contributed by atoms with Crippen LogP contribution in [0.3, 0.4) is 0 Å². The number of hydrazone groups is 1. The lowest BCUT2D eigenvalue weighted by atomic mass is 10.1. The second-order valence-electron chi connectivity index (χ2n) is 7.31. The Labute approximate surface area is 192 Å². The highest BCUT2D eigenvalue weighted by molar-refractivity contribution is 7.99. The Kier molecular flexibility index (Phi) is 7.55. The van der Waals surface area contributed by atoms with Crippen LogP contribution in [-0.2, 0) is 17.2 Å². The molecule has 0 radical (unpaired) electrons. The Bertz CT molecular complexity index is 1190. The minimum Gasteiger partial charge on any atom is -0.489 e. The van der Waals surface area contributed by atoms with Gasteiger partial charge in [-0.05, 0) is 57.8 Å². The molecule has 0 heterocycles. The number of carbonyl (C=O) groups is 1. The quantitative estimate of drug-likeness (QED) is 0.264. The summed E-state index contributed by atoms with van der Waals surface area (Å²) in [5.74, 6) is 1.85. The molecule has 0 aliphatic carbocycles. The molecule has 0 fully saturated rings. The van der Waals surface area contributed by atoms with Gasteiger partial charge in [0.25, 0.3) is 0 Å². The van der Waals surface area contributed by atoms with Gasteiger partial charge in [-0.3, -0.25) is 4.79 Å². The minimum atomic E-state index is -0.113. The Morgan fingerprint density at radius 1 is 0.844 bits per heavy atom. The summed E-state index contributed by atoms with van der Waals surface area (Å²) in [7, 11) is 0. The summed E-state index contributed by atoms with van der Waals surface area (Å²) in [6.07, 6.45) is 1.63. The van der Waals surface area contributed by atoms with Crippen molar-refractivity contribution in [2.24, 2.45) is 5.10 Å². The number of fused-ring (bicyclic) bond motifs is 1. The third-order valence-electron chi connectivity index (χ3n) is 4.85. The topological polar surface area (TPSA) is 50.7 Å². The summed E-state index contributed by atoms with van der Waals surface area (Å²) in [5.41, 5.74) is 5.79. The van der Waals surface area contributed by atoms with Crippen LogP contribution in [0.15, 0.2) is 102 Å². The van der Waals surface area contributed by atoms with Crippen LogP contribution in [0.5, 0.6) is 5.75 Å². The molecule has 4 rings (SSSR count). The van der Waals surface area contributed by atoms with E-state index in [1.54, 1.807) is 18.0 Å². The molecule has 0 bridgehead atoms. The third-order valence-corrected chi connectivity index (χ3v) is 5.85. The number of thioether (sulfide) groups is 1. The van der Waals surface area contributed by atoms with Gasteiger partial charge in [-0.15, -0.1) is 11.8 Å². The van der Waals surface area contributed by atoms with Crippen molar-refractivity contribution >= 4 is 34.7 Å². The molecule has 4 aromatic rings. The van der Waals surface area contributed by atoms with Crippen molar-refractivity contribution in [3.8, 4) is 5.75 Å². The van der Waals surface area contributed by atoms with Crippen LogP contribution in [0.2, 0.25) is 0 Å². The van der Waals surface area contributed by atoms with Crippen molar-refractivity contribution in [3.05, 3.63) is 114 Å². The number of ether oxygens (including phenoxy) is 1. The molecule has 160 valence electrons. The van der Waals surface area contributed by atoms with Gasteiger partial charge in [0.2, 0.25) is 5.91 Å². The Balaban J connectivity index is 1.20. The molecule has 0 aromatic heterocycles. The van der Waals surface area contributed by atoms with E-state index in [1.165, 1.54) is 16.3 Å². The smallest absolute Gasteiger partial charge is 0.250 e. The second kappa shape index (κ2) is 11.2. The van der Waals surface area contributed by atoms with Crippen LogP contribution in [0.25, 0.3) is 10.8 Å². The molecule has 0 aliphatic heterocycles. The summed E-state index contributed by atoms with van der Waals surface area (Å²) in [4.78, 5) is 11.9. The number of nitrogens with zero attached hydrogens (tertiary/aromatic N) is 1. The zero-order valence-electron chi connectivity index (χ0n) is 17.6. The molecule has 5 heteroatoms. The highest BCUT2D eigenvalue weighted by Crippen LogP contribution is 2.18. The van der Waals surface area contributed by atoms with E-state index in [0.717, 1.165) is 22.6 Å². The number of hydrogen-bond acceptors (Lipinski definition) is 4. The first-order valence-corrected chi connectivity index (χ1v) is 11.6. The fourth-order valence-corrected chi connectivity index (χ4v) is 3.97. The van der Waals surface area contributed by atoms with Gasteiger partial charge in [-0.2, -0.15) is 5.10 Å². The van der Waals surface area contributed by atoms with E-state index in [1.807, 2.05) is 54.6 Å². The van der Waals surface area contributed by atoms with Crippen LogP contribution in [0, 0.1) is 0 Å². The van der Waals surface area contributed by atoms with Crippen LogP contribution < -0.4 is 10.2 Å². The Hall–Kier alpha value is -3.57. The van der Waals surface area contributed by atoms with Gasteiger partial charge in [-0.25, -0.2) is 5.43 Å². The monoisotopic (exact) mass is 440 g/mol. The van der Waals surface area contributed by atoms with E-state index in [0.29, 0.717) is 12.4 Å². The molecule has 4 aromatic carbocycles. The summed E-state index contributed by atoms with van der Waals surface area (Å²) in [5, 5.41) is 6.47. The van der Waals surface area contributed by atoms with E-state index < -0.39 is 0 Å². The van der Waals surface area contributed by atoms with Crippen molar-refractivity contribution in [3.63, 3.8) is 0 Å². The summed E-state index contributed by atoms with van der Waals surface area (Å²) in [6.45, 7) is 0.509. The normalized spacial score (nSPS) is 11.0. The van der Waals surface area contributed by atoms with Gasteiger partial charge >= 0.3 is 0 Å². The van der Waals surface area contributed by atoms with E-state index in [-0.39, 0.29) is 5.91 Å². The van der Waals surface area contributed by atoms with Crippen molar-refractivity contribution < 1.29 is 9.53 Å². The molecule has 0 atom stereocenters. The maximum atomic E-state index is 11.9. The number of benzene rings is 4. The second-order valence-corrected chi connectivity index (χ2v) is 8.30. The first-order chi connectivity index (χ1) is 15.8. The van der Waals surface area contributed by atoms with Gasteiger partial charge in [0.05, 0.1) is 12.0 Å². The van der Waals surface area contributed by atoms with Crippen LogP contribution in [0.4, 0.5) is 0 Å². The van der Waals surface area contributed by atoms with Crippen LogP contribution in [0.1, 0.15) is 16.7 Å². The molecule has 1 amide bonds. The zero-order valence-corrected chi connectivity index (χ0v) is 18.4. The lowest BCUT2D eigenvalue weighted by molar-refractivity contribution is -0.118. The van der Waals surface area contributed by atoms with Gasteiger partial charge in [-0.1, -0.05) is 66.7 Å². The molecule has 0 saturated carbocycles. The molecule has 0 aliphatic rings. The molecule has 1 N–H and O–H groups in total. The highest BCUT2D eigenvalue weighted by atomic mass is 32.2. The largest absolute Gasteiger partial charge is 0.489 e. The lowest BCUT2D eigenvalue weighted by Gasteiger charge is -2.07. The van der Waals surface area contributed by atoms with Crippen molar-refractivity contribution in [1.29, 1.82) is 0 Å². The fourth-order valence-electron chi connectivity index (χ4n) is 3.19. The number of nitrogens with one attached hydrogen (secondary N) is 1. The standard InChI is InChI=1S/C27H24N2O2S/c30-27(20-32-19-22-6-2-1-3-7-22)29-28-17-21-11-14-26(15-12-21)31-18-23-10-13-24-8-4-5-9-25(24)16-23/h1-17H,18-20H2,(H,29,30). The lowest BCUT2D eigenvalue weighted by Crippen LogP contribution is -2.19. The predicted octanol–water partition coefficient (Wildman–Crippen LogP) is 5.80. The molecular formula is C27H24N2O2S. The van der Waals surface area contributed by atoms with Crippen molar-refractivity contribution in [2.75, 3.05) is 5.75 Å². The maximum absolute atomic E-state index is 11.9. The van der Waals surface area contributed by atoms with Crippen molar-refractivity contribution in [2.45, 2.75) is 12.4 Å². The average Bonchev–Trinajstić information content (AvgIpc) is 2.84. The van der Waals surface area contributed by atoms with Gasteiger partial charge in [0, 0.05) is 5.75 Å². The zero-order chi connectivity index (χ0) is 22.0. The average molecular weight is 441 g/mol.